The van der Waals surface area contributed by atoms with Gasteiger partial charge in [0, 0.05) is 30.8 Å². The molecule has 0 atom stereocenters. The zero-order chi connectivity index (χ0) is 23.2. The maximum Gasteiger partial charge on any atom is 0.311 e. The fraction of sp³-hybridized carbons (Fsp3) is 0.208. The molecule has 33 heavy (non-hydrogen) atoms. The molecule has 3 aromatic carbocycles. The molecule has 2 aliphatic rings. The lowest BCUT2D eigenvalue weighted by Crippen LogP contribution is -2.40. The first-order valence-electron chi connectivity index (χ1n) is 10.2. The van der Waals surface area contributed by atoms with Crippen molar-refractivity contribution in [2.45, 2.75) is 5.79 Å². The minimum atomic E-state index is -2.20. The van der Waals surface area contributed by atoms with Crippen LogP contribution in [-0.4, -0.2) is 37.1 Å². The van der Waals surface area contributed by atoms with E-state index < -0.39 is 29.1 Å². The third kappa shape index (κ3) is 3.68. The molecule has 1 fully saturated rings. The lowest BCUT2D eigenvalue weighted by Gasteiger charge is -2.29. The zero-order valence-corrected chi connectivity index (χ0v) is 17.1. The number of carbonyl (C=O) groups is 1. The summed E-state index contributed by atoms with van der Waals surface area (Å²) < 4.78 is 74.0. The zero-order valence-electron chi connectivity index (χ0n) is 17.1. The predicted octanol–water partition coefficient (Wildman–Crippen LogP) is 4.39. The quantitative estimate of drug-likeness (QED) is 0.546. The van der Waals surface area contributed by atoms with Crippen LogP contribution in [0.15, 0.2) is 54.6 Å². The minimum absolute atomic E-state index is 0.0570. The van der Waals surface area contributed by atoms with Gasteiger partial charge in [-0.2, -0.15) is 0 Å². The van der Waals surface area contributed by atoms with Crippen LogP contribution in [0.1, 0.15) is 21.5 Å². The number of nitrogens with zero attached hydrogens (tertiary/aromatic N) is 1. The Labute approximate surface area is 186 Å². The second-order valence-electron chi connectivity index (χ2n) is 7.64. The van der Waals surface area contributed by atoms with Crippen LogP contribution in [0.5, 0.6) is 11.5 Å². The van der Waals surface area contributed by atoms with Gasteiger partial charge in [0.1, 0.15) is 23.3 Å². The average molecular weight is 459 g/mol. The van der Waals surface area contributed by atoms with E-state index in [1.54, 1.807) is 4.90 Å². The number of amides is 1. The van der Waals surface area contributed by atoms with E-state index >= 15 is 0 Å². The second-order valence-corrected chi connectivity index (χ2v) is 7.64. The van der Waals surface area contributed by atoms with Crippen LogP contribution >= 0.6 is 0 Å². The molecule has 0 aliphatic carbocycles. The monoisotopic (exact) mass is 459 g/mol. The van der Waals surface area contributed by atoms with Crippen molar-refractivity contribution in [3.8, 4) is 11.5 Å². The van der Waals surface area contributed by atoms with E-state index in [2.05, 4.69) is 0 Å². The van der Waals surface area contributed by atoms with E-state index in [0.29, 0.717) is 38.4 Å². The molecule has 0 aromatic heterocycles. The van der Waals surface area contributed by atoms with Crippen molar-refractivity contribution in [3.05, 3.63) is 94.6 Å². The smallest absolute Gasteiger partial charge is 0.311 e. The van der Waals surface area contributed by atoms with Crippen molar-refractivity contribution in [3.63, 3.8) is 0 Å². The Morgan fingerprint density at radius 1 is 0.758 bits per heavy atom. The third-order valence-corrected chi connectivity index (χ3v) is 5.57. The fourth-order valence-electron chi connectivity index (χ4n) is 3.96. The summed E-state index contributed by atoms with van der Waals surface area (Å²) in [7, 11) is 0. The summed E-state index contributed by atoms with van der Waals surface area (Å²) in [5.41, 5.74) is -0.340. The van der Waals surface area contributed by atoms with Crippen molar-refractivity contribution in [1.82, 2.24) is 4.90 Å². The van der Waals surface area contributed by atoms with Crippen LogP contribution in [-0.2, 0) is 10.5 Å². The average Bonchev–Trinajstić information content (AvgIpc) is 3.18. The van der Waals surface area contributed by atoms with Crippen molar-refractivity contribution in [2.75, 3.05) is 26.3 Å². The number of carbonyl (C=O) groups excluding carboxylic acids is 1. The van der Waals surface area contributed by atoms with E-state index in [1.807, 2.05) is 0 Å². The number of rotatable bonds is 3. The molecule has 170 valence electrons. The molecule has 3 aromatic rings. The Hall–Kier alpha value is -3.59. The number of ether oxygens (including phenoxy) is 3. The van der Waals surface area contributed by atoms with Crippen molar-refractivity contribution in [2.24, 2.45) is 0 Å². The van der Waals surface area contributed by atoms with Crippen molar-refractivity contribution >= 4 is 5.91 Å². The van der Waals surface area contributed by atoms with Gasteiger partial charge in [-0.3, -0.25) is 4.79 Å². The van der Waals surface area contributed by atoms with E-state index in [1.165, 1.54) is 18.2 Å². The molecule has 9 heteroatoms. The lowest BCUT2D eigenvalue weighted by molar-refractivity contribution is -0.0516. The Bertz CT molecular complexity index is 1190. The van der Waals surface area contributed by atoms with Crippen LogP contribution in [0.4, 0.5) is 17.6 Å². The van der Waals surface area contributed by atoms with Crippen LogP contribution < -0.4 is 9.47 Å². The number of hydrogen-bond acceptors (Lipinski definition) is 4. The van der Waals surface area contributed by atoms with Gasteiger partial charge in [0.05, 0.1) is 24.3 Å². The van der Waals surface area contributed by atoms with Gasteiger partial charge in [-0.05, 0) is 42.5 Å². The van der Waals surface area contributed by atoms with E-state index in [4.69, 9.17) is 14.2 Å². The molecule has 5 nitrogen and oxygen atoms in total. The normalized spacial score (nSPS) is 16.7. The summed E-state index contributed by atoms with van der Waals surface area (Å²) in [6, 6.07) is 9.69. The van der Waals surface area contributed by atoms with Gasteiger partial charge in [0.2, 0.25) is 0 Å². The van der Waals surface area contributed by atoms with Gasteiger partial charge >= 0.3 is 5.79 Å². The van der Waals surface area contributed by atoms with Gasteiger partial charge in [-0.25, -0.2) is 17.6 Å². The first-order chi connectivity index (χ1) is 15.9. The molecule has 1 saturated heterocycles. The highest BCUT2D eigenvalue weighted by molar-refractivity contribution is 5.95. The summed E-state index contributed by atoms with van der Waals surface area (Å²) in [5.74, 6) is -6.07. The summed E-state index contributed by atoms with van der Waals surface area (Å²) in [6.45, 7) is 1.71. The molecule has 0 saturated carbocycles. The van der Waals surface area contributed by atoms with Crippen LogP contribution in [0.2, 0.25) is 0 Å². The summed E-state index contributed by atoms with van der Waals surface area (Å²) >= 11 is 0. The fourth-order valence-corrected chi connectivity index (χ4v) is 3.96. The third-order valence-electron chi connectivity index (χ3n) is 5.57. The van der Waals surface area contributed by atoms with Crippen LogP contribution in [0.25, 0.3) is 0 Å². The Morgan fingerprint density at radius 2 is 1.33 bits per heavy atom. The highest BCUT2D eigenvalue weighted by Crippen LogP contribution is 2.49. The topological polar surface area (TPSA) is 48.0 Å². The molecule has 1 amide bonds. The molecule has 0 bridgehead atoms. The minimum Gasteiger partial charge on any atom is -0.440 e. The standard InChI is InChI=1S/C24H17F4NO4/c25-15-2-4-17(19(27)12-15)24(18-5-3-16(26)13-20(18)28)32-21-6-1-14(11-22(21)33-24)23(30)29-7-9-31-10-8-29/h1-6,11-13H,7-10H2. The van der Waals surface area contributed by atoms with Gasteiger partial charge in [-0.15, -0.1) is 0 Å². The van der Waals surface area contributed by atoms with Gasteiger partial charge in [0.25, 0.3) is 5.91 Å². The highest BCUT2D eigenvalue weighted by Gasteiger charge is 2.49. The SMILES string of the molecule is O=C(c1ccc2c(c1)OC(c1ccc(F)cc1F)(c1ccc(F)cc1F)O2)N1CCOCC1. The molecular weight excluding hydrogens is 442 g/mol. The van der Waals surface area contributed by atoms with Gasteiger partial charge in [0.15, 0.2) is 11.5 Å². The van der Waals surface area contributed by atoms with E-state index in [0.717, 1.165) is 24.3 Å². The number of fused-ring (bicyclic) bond motifs is 1. The molecular formula is C24H17F4NO4. The number of benzene rings is 3. The van der Waals surface area contributed by atoms with Crippen LogP contribution in [0.3, 0.4) is 0 Å². The first kappa shape index (κ1) is 21.3. The molecule has 0 unspecified atom stereocenters. The van der Waals surface area contributed by atoms with Gasteiger partial charge in [-0.1, -0.05) is 0 Å². The van der Waals surface area contributed by atoms with E-state index in [-0.39, 0.29) is 34.1 Å². The first-order valence-corrected chi connectivity index (χ1v) is 10.2. The molecule has 0 spiro atoms. The second kappa shape index (κ2) is 8.08. The highest BCUT2D eigenvalue weighted by atomic mass is 19.1. The molecule has 0 radical (unpaired) electrons. The largest absolute Gasteiger partial charge is 0.440 e. The Balaban J connectivity index is 1.59. The number of morpholine rings is 1. The molecule has 5 rings (SSSR count). The maximum atomic E-state index is 14.8. The summed E-state index contributed by atoms with van der Waals surface area (Å²) in [4.78, 5) is 14.5. The van der Waals surface area contributed by atoms with Crippen molar-refractivity contribution in [1.29, 1.82) is 0 Å². The summed E-state index contributed by atoms with van der Waals surface area (Å²) in [5, 5.41) is 0. The molecule has 2 heterocycles. The maximum absolute atomic E-state index is 14.8. The lowest BCUT2D eigenvalue weighted by atomic mass is 9.96. The van der Waals surface area contributed by atoms with E-state index in [9.17, 15) is 22.4 Å². The predicted molar refractivity (Wildman–Crippen MR) is 108 cm³/mol. The Kier molecular flexibility index (Phi) is 5.20. The van der Waals surface area contributed by atoms with Crippen molar-refractivity contribution < 1.29 is 36.6 Å². The molecule has 0 N–H and O–H groups in total. The van der Waals surface area contributed by atoms with Gasteiger partial charge < -0.3 is 19.1 Å². The Morgan fingerprint density at radius 3 is 1.91 bits per heavy atom. The number of hydrogen-bond donors (Lipinski definition) is 0. The number of halogens is 4. The molecule has 2 aliphatic heterocycles. The van der Waals surface area contributed by atoms with Crippen LogP contribution in [0, 0.1) is 23.3 Å². The summed E-state index contributed by atoms with van der Waals surface area (Å²) in [6.07, 6.45) is 0.